The van der Waals surface area contributed by atoms with Crippen LogP contribution >= 0.6 is 11.3 Å². The van der Waals surface area contributed by atoms with Crippen LogP contribution in [0, 0.1) is 6.92 Å². The van der Waals surface area contributed by atoms with E-state index >= 15 is 0 Å². The van der Waals surface area contributed by atoms with Crippen molar-refractivity contribution in [1.82, 2.24) is 20.4 Å². The molecule has 2 heterocycles. The van der Waals surface area contributed by atoms with E-state index in [0.717, 1.165) is 23.5 Å². The average Bonchev–Trinajstić information content (AvgIpc) is 2.96. The monoisotopic (exact) mass is 266 g/mol. The lowest BCUT2D eigenvalue weighted by Gasteiger charge is -2.06. The number of rotatable bonds is 6. The molecule has 0 aromatic carbocycles. The Hall–Kier alpha value is -1.27. The number of aryl methyl sites for hydroxylation is 2. The van der Waals surface area contributed by atoms with E-state index in [1.54, 1.807) is 11.3 Å². The fourth-order valence-electron chi connectivity index (χ4n) is 1.60. The van der Waals surface area contributed by atoms with Crippen LogP contribution in [0.15, 0.2) is 9.90 Å². The SMILES string of the molecule is CNC(C)CCc1nc(Cc2csc(C)n2)no1. The molecule has 5 nitrogen and oxygen atoms in total. The molecule has 2 rings (SSSR count). The molecule has 0 aliphatic carbocycles. The highest BCUT2D eigenvalue weighted by Gasteiger charge is 2.09. The summed E-state index contributed by atoms with van der Waals surface area (Å²) in [5, 5.41) is 10.3. The number of hydrogen-bond acceptors (Lipinski definition) is 6. The van der Waals surface area contributed by atoms with Crippen molar-refractivity contribution in [3.05, 3.63) is 27.8 Å². The highest BCUT2D eigenvalue weighted by molar-refractivity contribution is 7.09. The Morgan fingerprint density at radius 3 is 2.94 bits per heavy atom. The first-order chi connectivity index (χ1) is 8.67. The minimum atomic E-state index is 0.460. The zero-order valence-corrected chi connectivity index (χ0v) is 11.8. The molecule has 0 fully saturated rings. The standard InChI is InChI=1S/C12H18N4OS/c1-8(13-3)4-5-12-15-11(16-17-12)6-10-7-18-9(2)14-10/h7-8,13H,4-6H2,1-3H3. The van der Waals surface area contributed by atoms with Crippen molar-refractivity contribution in [1.29, 1.82) is 0 Å². The molecule has 0 bridgehead atoms. The molecular weight excluding hydrogens is 248 g/mol. The molecule has 6 heteroatoms. The quantitative estimate of drug-likeness (QED) is 0.866. The van der Waals surface area contributed by atoms with Gasteiger partial charge in [-0.25, -0.2) is 4.98 Å². The Bertz CT molecular complexity index is 494. The Labute approximate surface area is 111 Å². The number of thiazole rings is 1. The van der Waals surface area contributed by atoms with Gasteiger partial charge in [0.2, 0.25) is 5.89 Å². The van der Waals surface area contributed by atoms with Gasteiger partial charge in [0, 0.05) is 17.8 Å². The third-order valence-corrected chi connectivity index (χ3v) is 3.62. The summed E-state index contributed by atoms with van der Waals surface area (Å²) < 4.78 is 5.23. The van der Waals surface area contributed by atoms with Gasteiger partial charge in [-0.1, -0.05) is 5.16 Å². The summed E-state index contributed by atoms with van der Waals surface area (Å²) in [6.07, 6.45) is 2.45. The van der Waals surface area contributed by atoms with E-state index in [1.807, 2.05) is 19.4 Å². The molecule has 0 radical (unpaired) electrons. The number of nitrogens with one attached hydrogen (secondary N) is 1. The maximum absolute atomic E-state index is 5.23. The van der Waals surface area contributed by atoms with Crippen LogP contribution in [0.4, 0.5) is 0 Å². The van der Waals surface area contributed by atoms with Gasteiger partial charge in [0.15, 0.2) is 5.82 Å². The summed E-state index contributed by atoms with van der Waals surface area (Å²) >= 11 is 1.64. The fourth-order valence-corrected chi connectivity index (χ4v) is 2.21. The van der Waals surface area contributed by atoms with Gasteiger partial charge in [0.25, 0.3) is 0 Å². The molecule has 1 atom stereocenters. The number of nitrogens with zero attached hydrogens (tertiary/aromatic N) is 3. The molecule has 1 N–H and O–H groups in total. The van der Waals surface area contributed by atoms with Gasteiger partial charge in [-0.05, 0) is 27.3 Å². The molecule has 2 aromatic rings. The summed E-state index contributed by atoms with van der Waals surface area (Å²) in [5.74, 6) is 1.42. The van der Waals surface area contributed by atoms with E-state index in [4.69, 9.17) is 4.52 Å². The molecule has 18 heavy (non-hydrogen) atoms. The van der Waals surface area contributed by atoms with Gasteiger partial charge in [-0.15, -0.1) is 11.3 Å². The van der Waals surface area contributed by atoms with Gasteiger partial charge >= 0.3 is 0 Å². The van der Waals surface area contributed by atoms with Crippen molar-refractivity contribution in [3.8, 4) is 0 Å². The molecule has 1 unspecified atom stereocenters. The predicted molar refractivity (Wildman–Crippen MR) is 70.8 cm³/mol. The van der Waals surface area contributed by atoms with Crippen molar-refractivity contribution in [2.45, 2.75) is 39.2 Å². The van der Waals surface area contributed by atoms with Crippen LogP contribution in [0.3, 0.4) is 0 Å². The van der Waals surface area contributed by atoms with Crippen LogP contribution < -0.4 is 5.32 Å². The second-order valence-electron chi connectivity index (χ2n) is 4.37. The van der Waals surface area contributed by atoms with Crippen molar-refractivity contribution >= 4 is 11.3 Å². The van der Waals surface area contributed by atoms with Crippen molar-refractivity contribution < 1.29 is 4.52 Å². The first kappa shape index (κ1) is 13.2. The number of hydrogen-bond donors (Lipinski definition) is 1. The van der Waals surface area contributed by atoms with Crippen LogP contribution in [-0.4, -0.2) is 28.2 Å². The second kappa shape index (κ2) is 6.06. The Balaban J connectivity index is 1.90. The normalized spacial score (nSPS) is 12.8. The largest absolute Gasteiger partial charge is 0.339 e. The van der Waals surface area contributed by atoms with E-state index in [9.17, 15) is 0 Å². The molecule has 0 saturated heterocycles. The molecule has 0 aliphatic heterocycles. The summed E-state index contributed by atoms with van der Waals surface area (Å²) in [6, 6.07) is 0.460. The van der Waals surface area contributed by atoms with Gasteiger partial charge in [-0.2, -0.15) is 4.98 Å². The molecule has 0 aliphatic rings. The maximum atomic E-state index is 5.23. The van der Waals surface area contributed by atoms with Crippen molar-refractivity contribution in [3.63, 3.8) is 0 Å². The van der Waals surface area contributed by atoms with Gasteiger partial charge in [-0.3, -0.25) is 0 Å². The Kier molecular flexibility index (Phi) is 4.43. The first-order valence-electron chi connectivity index (χ1n) is 6.07. The third-order valence-electron chi connectivity index (χ3n) is 2.80. The highest BCUT2D eigenvalue weighted by atomic mass is 32.1. The van der Waals surface area contributed by atoms with Crippen LogP contribution in [-0.2, 0) is 12.8 Å². The van der Waals surface area contributed by atoms with E-state index < -0.39 is 0 Å². The molecule has 0 amide bonds. The third kappa shape index (κ3) is 3.61. The van der Waals surface area contributed by atoms with Crippen LogP contribution in [0.5, 0.6) is 0 Å². The summed E-state index contributed by atoms with van der Waals surface area (Å²) in [6.45, 7) is 4.13. The van der Waals surface area contributed by atoms with Gasteiger partial charge in [0.05, 0.1) is 17.1 Å². The number of aromatic nitrogens is 3. The lowest BCUT2D eigenvalue weighted by atomic mass is 10.2. The van der Waals surface area contributed by atoms with Gasteiger partial charge < -0.3 is 9.84 Å². The van der Waals surface area contributed by atoms with Crippen molar-refractivity contribution in [2.24, 2.45) is 0 Å². The minimum absolute atomic E-state index is 0.460. The van der Waals surface area contributed by atoms with Gasteiger partial charge in [0.1, 0.15) is 0 Å². The summed E-state index contributed by atoms with van der Waals surface area (Å²) in [4.78, 5) is 8.77. The van der Waals surface area contributed by atoms with E-state index in [-0.39, 0.29) is 0 Å². The maximum Gasteiger partial charge on any atom is 0.226 e. The zero-order valence-electron chi connectivity index (χ0n) is 10.9. The zero-order chi connectivity index (χ0) is 13.0. The van der Waals surface area contributed by atoms with Crippen LogP contribution in [0.1, 0.15) is 35.8 Å². The molecule has 98 valence electrons. The van der Waals surface area contributed by atoms with Crippen LogP contribution in [0.2, 0.25) is 0 Å². The fraction of sp³-hybridized carbons (Fsp3) is 0.583. The topological polar surface area (TPSA) is 63.8 Å². The average molecular weight is 266 g/mol. The predicted octanol–water partition coefficient (Wildman–Crippen LogP) is 1.97. The lowest BCUT2D eigenvalue weighted by molar-refractivity contribution is 0.365. The van der Waals surface area contributed by atoms with E-state index in [0.29, 0.717) is 24.2 Å². The smallest absolute Gasteiger partial charge is 0.226 e. The summed E-state index contributed by atoms with van der Waals surface area (Å²) in [7, 11) is 1.95. The molecule has 0 spiro atoms. The molecular formula is C12H18N4OS. The van der Waals surface area contributed by atoms with E-state index in [2.05, 4.69) is 27.4 Å². The minimum Gasteiger partial charge on any atom is -0.339 e. The molecule has 2 aromatic heterocycles. The molecule has 0 saturated carbocycles. The summed E-state index contributed by atoms with van der Waals surface area (Å²) in [5.41, 5.74) is 1.01. The Morgan fingerprint density at radius 1 is 1.44 bits per heavy atom. The Morgan fingerprint density at radius 2 is 2.28 bits per heavy atom. The highest BCUT2D eigenvalue weighted by Crippen LogP contribution is 2.12. The van der Waals surface area contributed by atoms with Crippen LogP contribution in [0.25, 0.3) is 0 Å². The second-order valence-corrected chi connectivity index (χ2v) is 5.43. The first-order valence-corrected chi connectivity index (χ1v) is 6.95. The lowest BCUT2D eigenvalue weighted by Crippen LogP contribution is -2.21. The van der Waals surface area contributed by atoms with Crippen molar-refractivity contribution in [2.75, 3.05) is 7.05 Å². The van der Waals surface area contributed by atoms with E-state index in [1.165, 1.54) is 0 Å².